The summed E-state index contributed by atoms with van der Waals surface area (Å²) in [5, 5.41) is 0.521. The van der Waals surface area contributed by atoms with Crippen molar-refractivity contribution in [2.24, 2.45) is 5.84 Å². The normalized spacial score (nSPS) is 12.6. The maximum absolute atomic E-state index is 5.76. The first-order valence-corrected chi connectivity index (χ1v) is 6.73. The summed E-state index contributed by atoms with van der Waals surface area (Å²) in [6, 6.07) is 3.96. The van der Waals surface area contributed by atoms with E-state index in [4.69, 9.17) is 17.4 Å². The summed E-state index contributed by atoms with van der Waals surface area (Å²) in [4.78, 5) is 4.08. The summed E-state index contributed by atoms with van der Waals surface area (Å²) in [6.07, 6.45) is 9.21. The average Bonchev–Trinajstić information content (AvgIpc) is 2.35. The third-order valence-electron chi connectivity index (χ3n) is 2.95. The number of nitrogens with zero attached hydrogens (tertiary/aromatic N) is 1. The number of nitrogens with one attached hydrogen (secondary N) is 1. The van der Waals surface area contributed by atoms with Gasteiger partial charge in [-0.15, -0.1) is 0 Å². The van der Waals surface area contributed by atoms with Gasteiger partial charge in [0.25, 0.3) is 0 Å². The van der Waals surface area contributed by atoms with Gasteiger partial charge < -0.3 is 0 Å². The summed E-state index contributed by atoms with van der Waals surface area (Å²) in [7, 11) is 0. The van der Waals surface area contributed by atoms with Gasteiger partial charge >= 0.3 is 0 Å². The van der Waals surface area contributed by atoms with Crippen LogP contribution in [0.4, 0.5) is 0 Å². The fourth-order valence-electron chi connectivity index (χ4n) is 1.89. The Hall–Kier alpha value is -0.640. The summed E-state index contributed by atoms with van der Waals surface area (Å²) >= 11 is 5.76. The van der Waals surface area contributed by atoms with Crippen LogP contribution in [0.5, 0.6) is 0 Å². The third kappa shape index (κ3) is 5.48. The molecule has 0 radical (unpaired) electrons. The van der Waals surface area contributed by atoms with Crippen molar-refractivity contribution in [3.63, 3.8) is 0 Å². The lowest BCUT2D eigenvalue weighted by Gasteiger charge is -2.15. The molecule has 3 N–H and O–H groups in total. The van der Waals surface area contributed by atoms with Crippen LogP contribution in [-0.4, -0.2) is 4.98 Å². The van der Waals surface area contributed by atoms with Crippen LogP contribution in [-0.2, 0) is 0 Å². The molecular formula is C13H22ClN3. The SMILES string of the molecule is CCCCCCCC(NN)c1ccc(Cl)nc1. The highest BCUT2D eigenvalue weighted by atomic mass is 35.5. The highest BCUT2D eigenvalue weighted by Gasteiger charge is 2.09. The van der Waals surface area contributed by atoms with Gasteiger partial charge in [0.05, 0.1) is 0 Å². The quantitative estimate of drug-likeness (QED) is 0.323. The Bertz CT molecular complexity index is 300. The fraction of sp³-hybridized carbons (Fsp3) is 0.615. The Labute approximate surface area is 109 Å². The van der Waals surface area contributed by atoms with Gasteiger partial charge in [0.15, 0.2) is 0 Å². The molecule has 1 aromatic rings. The number of unbranched alkanes of at least 4 members (excludes halogenated alkanes) is 4. The molecule has 0 aliphatic rings. The first kappa shape index (κ1) is 14.4. The molecule has 0 aliphatic heterocycles. The molecule has 0 saturated heterocycles. The van der Waals surface area contributed by atoms with E-state index in [0.717, 1.165) is 12.0 Å². The minimum Gasteiger partial charge on any atom is -0.271 e. The summed E-state index contributed by atoms with van der Waals surface area (Å²) in [5.41, 5.74) is 3.95. The second kappa shape index (κ2) is 8.45. The molecule has 1 rings (SSSR count). The summed E-state index contributed by atoms with van der Waals surface area (Å²) < 4.78 is 0. The van der Waals surface area contributed by atoms with E-state index in [0.29, 0.717) is 5.15 Å². The average molecular weight is 256 g/mol. The fourth-order valence-corrected chi connectivity index (χ4v) is 2.00. The van der Waals surface area contributed by atoms with Gasteiger partial charge in [-0.3, -0.25) is 11.3 Å². The van der Waals surface area contributed by atoms with Crippen molar-refractivity contribution in [2.45, 2.75) is 51.5 Å². The van der Waals surface area contributed by atoms with Crippen molar-refractivity contribution in [3.8, 4) is 0 Å². The van der Waals surface area contributed by atoms with Crippen molar-refractivity contribution < 1.29 is 0 Å². The highest BCUT2D eigenvalue weighted by molar-refractivity contribution is 6.29. The highest BCUT2D eigenvalue weighted by Crippen LogP contribution is 2.19. The number of halogens is 1. The van der Waals surface area contributed by atoms with Gasteiger partial charge in [-0.1, -0.05) is 56.7 Å². The molecule has 3 nitrogen and oxygen atoms in total. The van der Waals surface area contributed by atoms with Crippen LogP contribution in [0.2, 0.25) is 5.15 Å². The van der Waals surface area contributed by atoms with Crippen LogP contribution in [0.3, 0.4) is 0 Å². The lowest BCUT2D eigenvalue weighted by atomic mass is 10.0. The summed E-state index contributed by atoms with van der Waals surface area (Å²) in [5.74, 6) is 5.57. The lowest BCUT2D eigenvalue weighted by Crippen LogP contribution is -2.28. The minimum atomic E-state index is 0.182. The molecule has 0 aliphatic carbocycles. The standard InChI is InChI=1S/C13H22ClN3/c1-2-3-4-5-6-7-12(17-15)11-8-9-13(14)16-10-11/h8-10,12,17H,2-7,15H2,1H3. The van der Waals surface area contributed by atoms with Crippen LogP contribution >= 0.6 is 11.6 Å². The number of hydrogen-bond donors (Lipinski definition) is 2. The van der Waals surface area contributed by atoms with Crippen LogP contribution in [0, 0.1) is 0 Å². The van der Waals surface area contributed by atoms with Gasteiger partial charge in [0.2, 0.25) is 0 Å². The van der Waals surface area contributed by atoms with Crippen molar-refractivity contribution in [1.29, 1.82) is 0 Å². The molecule has 1 unspecified atom stereocenters. The molecule has 0 saturated carbocycles. The molecule has 0 aromatic carbocycles. The number of hydrogen-bond acceptors (Lipinski definition) is 3. The number of rotatable bonds is 8. The summed E-state index contributed by atoms with van der Waals surface area (Å²) in [6.45, 7) is 2.23. The van der Waals surface area contributed by atoms with Crippen molar-refractivity contribution >= 4 is 11.6 Å². The van der Waals surface area contributed by atoms with Crippen molar-refractivity contribution in [1.82, 2.24) is 10.4 Å². The van der Waals surface area contributed by atoms with Crippen LogP contribution in [0.25, 0.3) is 0 Å². The van der Waals surface area contributed by atoms with E-state index in [1.165, 1.54) is 32.1 Å². The zero-order valence-electron chi connectivity index (χ0n) is 10.5. The predicted octanol–water partition coefficient (Wildman–Crippen LogP) is 3.60. The van der Waals surface area contributed by atoms with Gasteiger partial charge in [-0.05, 0) is 18.1 Å². The van der Waals surface area contributed by atoms with Gasteiger partial charge in [0, 0.05) is 12.2 Å². The molecule has 0 bridgehead atoms. The van der Waals surface area contributed by atoms with Gasteiger partial charge in [-0.25, -0.2) is 4.98 Å². The van der Waals surface area contributed by atoms with E-state index in [-0.39, 0.29) is 6.04 Å². The van der Waals surface area contributed by atoms with E-state index in [1.54, 1.807) is 12.3 Å². The molecule has 0 spiro atoms. The second-order valence-electron chi connectivity index (χ2n) is 4.34. The van der Waals surface area contributed by atoms with Crippen molar-refractivity contribution in [3.05, 3.63) is 29.0 Å². The smallest absolute Gasteiger partial charge is 0.129 e. The molecule has 0 amide bonds. The maximum atomic E-state index is 5.76. The first-order chi connectivity index (χ1) is 8.27. The van der Waals surface area contributed by atoms with E-state index in [1.807, 2.05) is 6.07 Å². The Morgan fingerprint density at radius 2 is 2.06 bits per heavy atom. The largest absolute Gasteiger partial charge is 0.271 e. The first-order valence-electron chi connectivity index (χ1n) is 6.35. The topological polar surface area (TPSA) is 50.9 Å². The van der Waals surface area contributed by atoms with Crippen LogP contribution in [0.1, 0.15) is 57.1 Å². The lowest BCUT2D eigenvalue weighted by molar-refractivity contribution is 0.478. The number of aromatic nitrogens is 1. The van der Waals surface area contributed by atoms with E-state index < -0.39 is 0 Å². The Balaban J connectivity index is 2.35. The second-order valence-corrected chi connectivity index (χ2v) is 4.72. The Morgan fingerprint density at radius 1 is 1.29 bits per heavy atom. The number of nitrogens with two attached hydrogens (primary N) is 1. The Kier molecular flexibility index (Phi) is 7.17. The van der Waals surface area contributed by atoms with Gasteiger partial charge in [0.1, 0.15) is 5.15 Å². The molecule has 4 heteroatoms. The van der Waals surface area contributed by atoms with E-state index in [9.17, 15) is 0 Å². The molecular weight excluding hydrogens is 234 g/mol. The molecule has 0 fully saturated rings. The molecule has 17 heavy (non-hydrogen) atoms. The molecule has 1 heterocycles. The predicted molar refractivity (Wildman–Crippen MR) is 72.7 cm³/mol. The molecule has 96 valence electrons. The maximum Gasteiger partial charge on any atom is 0.129 e. The van der Waals surface area contributed by atoms with Crippen LogP contribution < -0.4 is 11.3 Å². The zero-order chi connectivity index (χ0) is 12.5. The third-order valence-corrected chi connectivity index (χ3v) is 3.17. The van der Waals surface area contributed by atoms with E-state index in [2.05, 4.69) is 17.3 Å². The Morgan fingerprint density at radius 3 is 2.65 bits per heavy atom. The monoisotopic (exact) mass is 255 g/mol. The minimum absolute atomic E-state index is 0.182. The number of hydrazine groups is 1. The molecule has 1 atom stereocenters. The van der Waals surface area contributed by atoms with Gasteiger partial charge in [-0.2, -0.15) is 0 Å². The zero-order valence-corrected chi connectivity index (χ0v) is 11.2. The number of pyridine rings is 1. The van der Waals surface area contributed by atoms with Crippen LogP contribution in [0.15, 0.2) is 18.3 Å². The van der Waals surface area contributed by atoms with E-state index >= 15 is 0 Å². The van der Waals surface area contributed by atoms with Crippen molar-refractivity contribution in [2.75, 3.05) is 0 Å². The molecule has 1 aromatic heterocycles.